The fourth-order valence-corrected chi connectivity index (χ4v) is 1.14. The highest BCUT2D eigenvalue weighted by molar-refractivity contribution is 6.34. The Morgan fingerprint density at radius 2 is 2.10 bits per heavy atom. The predicted molar refractivity (Wildman–Crippen MR) is 45.4 cm³/mol. The van der Waals surface area contributed by atoms with Gasteiger partial charge in [0.25, 0.3) is 0 Å². The van der Waals surface area contributed by atoms with Crippen molar-refractivity contribution in [3.05, 3.63) is 40.4 Å². The van der Waals surface area contributed by atoms with Crippen LogP contribution in [0.15, 0.2) is 18.7 Å². The topological polar surface area (TPSA) is 0 Å². The standard InChI is InChI=1S/C8H5Cl2/c1-2-6-3-7(9)5-8(10)4-6/h2-3,5H,1H2. The minimum Gasteiger partial charge on any atom is -0.0984 e. The molecule has 0 N–H and O–H groups in total. The largest absolute Gasteiger partial charge is 0.0984 e. The average molecular weight is 172 g/mol. The van der Waals surface area contributed by atoms with Crippen LogP contribution in [0.1, 0.15) is 5.56 Å². The van der Waals surface area contributed by atoms with Crippen LogP contribution in [0.2, 0.25) is 10.0 Å². The molecule has 0 unspecified atom stereocenters. The maximum atomic E-state index is 5.68. The van der Waals surface area contributed by atoms with E-state index in [1.165, 1.54) is 0 Å². The Balaban J connectivity index is 3.18. The summed E-state index contributed by atoms with van der Waals surface area (Å²) in [5, 5.41) is 1.13. The fraction of sp³-hybridized carbons (Fsp3) is 0. The zero-order valence-electron chi connectivity index (χ0n) is 5.20. The molecule has 0 aliphatic rings. The molecule has 1 rings (SSSR count). The number of hydrogen-bond donors (Lipinski definition) is 0. The first-order valence-electron chi connectivity index (χ1n) is 2.73. The first kappa shape index (κ1) is 7.64. The second-order valence-corrected chi connectivity index (χ2v) is 2.65. The lowest BCUT2D eigenvalue weighted by molar-refractivity contribution is 1.64. The average Bonchev–Trinajstić information content (AvgIpc) is 1.85. The van der Waals surface area contributed by atoms with Crippen LogP contribution in [-0.2, 0) is 0 Å². The van der Waals surface area contributed by atoms with Crippen molar-refractivity contribution in [1.29, 1.82) is 0 Å². The number of halogens is 2. The molecule has 0 atom stereocenters. The van der Waals surface area contributed by atoms with Gasteiger partial charge in [-0.05, 0) is 17.7 Å². The first-order valence-corrected chi connectivity index (χ1v) is 3.49. The van der Waals surface area contributed by atoms with Crippen LogP contribution in [0.4, 0.5) is 0 Å². The normalized spacial score (nSPS) is 9.40. The molecule has 10 heavy (non-hydrogen) atoms. The molecule has 1 radical (unpaired) electrons. The van der Waals surface area contributed by atoms with Crippen molar-refractivity contribution in [3.8, 4) is 0 Å². The van der Waals surface area contributed by atoms with Crippen molar-refractivity contribution in [2.45, 2.75) is 0 Å². The van der Waals surface area contributed by atoms with Gasteiger partial charge in [-0.2, -0.15) is 0 Å². The molecule has 0 fully saturated rings. The van der Waals surface area contributed by atoms with Crippen molar-refractivity contribution in [2.24, 2.45) is 0 Å². The molecule has 1 aromatic carbocycles. The van der Waals surface area contributed by atoms with Gasteiger partial charge in [-0.1, -0.05) is 35.9 Å². The van der Waals surface area contributed by atoms with Crippen LogP contribution in [-0.4, -0.2) is 0 Å². The van der Waals surface area contributed by atoms with Gasteiger partial charge in [0.1, 0.15) is 0 Å². The highest BCUT2D eigenvalue weighted by Gasteiger charge is 1.93. The van der Waals surface area contributed by atoms with Crippen molar-refractivity contribution >= 4 is 29.3 Å². The smallest absolute Gasteiger partial charge is 0.0505 e. The molecule has 0 heterocycles. The Labute approximate surface area is 70.1 Å². The minimum atomic E-state index is 0.516. The van der Waals surface area contributed by atoms with E-state index in [4.69, 9.17) is 23.2 Å². The second-order valence-electron chi connectivity index (χ2n) is 1.81. The van der Waals surface area contributed by atoms with Crippen LogP contribution in [0, 0.1) is 6.07 Å². The van der Waals surface area contributed by atoms with Gasteiger partial charge in [0, 0.05) is 11.1 Å². The third-order valence-electron chi connectivity index (χ3n) is 1.04. The Bertz CT molecular complexity index is 233. The maximum absolute atomic E-state index is 5.68. The molecule has 0 aliphatic carbocycles. The van der Waals surface area contributed by atoms with Crippen molar-refractivity contribution in [1.82, 2.24) is 0 Å². The van der Waals surface area contributed by atoms with E-state index in [2.05, 4.69) is 12.6 Å². The summed E-state index contributed by atoms with van der Waals surface area (Å²) in [6.45, 7) is 3.56. The van der Waals surface area contributed by atoms with Gasteiger partial charge in [-0.25, -0.2) is 0 Å². The summed E-state index contributed by atoms with van der Waals surface area (Å²) in [6, 6.07) is 6.25. The third kappa shape index (κ3) is 1.76. The Hall–Kier alpha value is -0.460. The van der Waals surface area contributed by atoms with Crippen LogP contribution in [0.3, 0.4) is 0 Å². The van der Waals surface area contributed by atoms with E-state index in [1.807, 2.05) is 0 Å². The molecule has 0 spiro atoms. The zero-order valence-corrected chi connectivity index (χ0v) is 6.71. The lowest BCUT2D eigenvalue weighted by Gasteiger charge is -1.93. The minimum absolute atomic E-state index is 0.516. The Morgan fingerprint density at radius 1 is 1.40 bits per heavy atom. The summed E-state index contributed by atoms with van der Waals surface area (Å²) >= 11 is 11.3. The van der Waals surface area contributed by atoms with Gasteiger partial charge in [0.2, 0.25) is 0 Å². The summed E-state index contributed by atoms with van der Waals surface area (Å²) in [7, 11) is 0. The van der Waals surface area contributed by atoms with Gasteiger partial charge in [0.15, 0.2) is 0 Å². The molecular weight excluding hydrogens is 167 g/mol. The molecule has 0 saturated carbocycles. The molecule has 51 valence electrons. The molecule has 0 amide bonds. The summed E-state index contributed by atoms with van der Waals surface area (Å²) in [5.74, 6) is 0. The predicted octanol–water partition coefficient (Wildman–Crippen LogP) is 3.44. The summed E-state index contributed by atoms with van der Waals surface area (Å²) in [6.07, 6.45) is 1.65. The Kier molecular flexibility index (Phi) is 2.36. The SMILES string of the molecule is C=Cc1[c]c(Cl)cc(Cl)c1. The third-order valence-corrected chi connectivity index (χ3v) is 1.46. The molecule has 2 heteroatoms. The van der Waals surface area contributed by atoms with Crippen molar-refractivity contribution in [2.75, 3.05) is 0 Å². The zero-order chi connectivity index (χ0) is 7.56. The van der Waals surface area contributed by atoms with E-state index >= 15 is 0 Å². The quantitative estimate of drug-likeness (QED) is 0.608. The van der Waals surface area contributed by atoms with Gasteiger partial charge >= 0.3 is 0 Å². The van der Waals surface area contributed by atoms with E-state index in [9.17, 15) is 0 Å². The molecule has 0 aromatic heterocycles. The molecule has 0 saturated heterocycles. The number of benzene rings is 1. The van der Waals surface area contributed by atoms with E-state index in [0.717, 1.165) is 5.56 Å². The van der Waals surface area contributed by atoms with Crippen molar-refractivity contribution in [3.63, 3.8) is 0 Å². The molecule has 0 aliphatic heterocycles. The van der Waals surface area contributed by atoms with Crippen LogP contribution >= 0.6 is 23.2 Å². The maximum Gasteiger partial charge on any atom is 0.0505 e. The summed E-state index contributed by atoms with van der Waals surface area (Å²) in [5.41, 5.74) is 0.817. The summed E-state index contributed by atoms with van der Waals surface area (Å²) < 4.78 is 0. The molecule has 0 nitrogen and oxygen atoms in total. The Morgan fingerprint density at radius 3 is 2.60 bits per heavy atom. The monoisotopic (exact) mass is 171 g/mol. The van der Waals surface area contributed by atoms with E-state index in [0.29, 0.717) is 10.0 Å². The van der Waals surface area contributed by atoms with Crippen LogP contribution in [0.5, 0.6) is 0 Å². The van der Waals surface area contributed by atoms with Gasteiger partial charge in [-0.3, -0.25) is 0 Å². The first-order chi connectivity index (χ1) is 4.72. The van der Waals surface area contributed by atoms with Gasteiger partial charge in [-0.15, -0.1) is 0 Å². The fourth-order valence-electron chi connectivity index (χ4n) is 0.631. The molecular formula is C8H5Cl2. The van der Waals surface area contributed by atoms with E-state index in [-0.39, 0.29) is 0 Å². The number of rotatable bonds is 1. The molecule has 1 aromatic rings. The van der Waals surface area contributed by atoms with E-state index in [1.54, 1.807) is 18.2 Å². The molecule has 0 bridgehead atoms. The van der Waals surface area contributed by atoms with Crippen LogP contribution in [0.25, 0.3) is 6.08 Å². The van der Waals surface area contributed by atoms with Gasteiger partial charge in [0.05, 0.1) is 5.02 Å². The highest BCUT2D eigenvalue weighted by atomic mass is 35.5. The van der Waals surface area contributed by atoms with Crippen molar-refractivity contribution < 1.29 is 0 Å². The number of hydrogen-bond acceptors (Lipinski definition) is 0. The lowest BCUT2D eigenvalue weighted by atomic mass is 10.2. The summed E-state index contributed by atoms with van der Waals surface area (Å²) in [4.78, 5) is 0. The lowest BCUT2D eigenvalue weighted by Crippen LogP contribution is -1.72. The highest BCUT2D eigenvalue weighted by Crippen LogP contribution is 2.18. The second kappa shape index (κ2) is 3.09. The van der Waals surface area contributed by atoms with Gasteiger partial charge < -0.3 is 0 Å². The van der Waals surface area contributed by atoms with Crippen LogP contribution < -0.4 is 0 Å². The van der Waals surface area contributed by atoms with E-state index < -0.39 is 0 Å².